The van der Waals surface area contributed by atoms with Crippen LogP contribution in [0.5, 0.6) is 0 Å². The Bertz CT molecular complexity index is 659. The number of thiophene rings is 1. The van der Waals surface area contributed by atoms with Gasteiger partial charge in [0.15, 0.2) is 0 Å². The van der Waals surface area contributed by atoms with Gasteiger partial charge in [-0.25, -0.2) is 0 Å². The van der Waals surface area contributed by atoms with Crippen molar-refractivity contribution in [1.82, 2.24) is 4.57 Å². The molecule has 5 heteroatoms. The van der Waals surface area contributed by atoms with E-state index in [-0.39, 0.29) is 18.4 Å². The van der Waals surface area contributed by atoms with Gasteiger partial charge in [0.2, 0.25) is 0 Å². The van der Waals surface area contributed by atoms with Crippen LogP contribution in [0.15, 0.2) is 34.4 Å². The van der Waals surface area contributed by atoms with Crippen LogP contribution in [-0.2, 0) is 17.8 Å². The lowest BCUT2D eigenvalue weighted by molar-refractivity contribution is -0.136. The van der Waals surface area contributed by atoms with Gasteiger partial charge in [-0.15, -0.1) is 11.3 Å². The molecule has 0 aliphatic heterocycles. The van der Waals surface area contributed by atoms with Crippen molar-refractivity contribution < 1.29 is 9.90 Å². The zero-order valence-corrected chi connectivity index (χ0v) is 12.9. The van der Waals surface area contributed by atoms with Gasteiger partial charge in [-0.3, -0.25) is 9.59 Å². The summed E-state index contributed by atoms with van der Waals surface area (Å²) < 4.78 is 1.78. The molecule has 2 rings (SSSR count). The Hall–Kier alpha value is -1.88. The molecule has 2 aromatic rings. The van der Waals surface area contributed by atoms with Crippen molar-refractivity contribution in [1.29, 1.82) is 0 Å². The number of aromatic nitrogens is 1. The van der Waals surface area contributed by atoms with Gasteiger partial charge in [0.1, 0.15) is 0 Å². The predicted molar refractivity (Wildman–Crippen MR) is 84.9 cm³/mol. The monoisotopic (exact) mass is 305 g/mol. The minimum Gasteiger partial charge on any atom is -0.481 e. The molecule has 0 aliphatic rings. The standard InChI is InChI=1S/C16H19NO3S/c1-2-3-10-17-13(14-5-4-11-21-14)8-6-12(16(17)20)7-9-15(18)19/h4-6,8,11H,2-3,7,9-10H2,1H3,(H,18,19). The zero-order valence-electron chi connectivity index (χ0n) is 12.0. The smallest absolute Gasteiger partial charge is 0.303 e. The Morgan fingerprint density at radius 1 is 1.33 bits per heavy atom. The highest BCUT2D eigenvalue weighted by Crippen LogP contribution is 2.24. The molecule has 0 radical (unpaired) electrons. The van der Waals surface area contributed by atoms with Crippen LogP contribution in [-0.4, -0.2) is 15.6 Å². The summed E-state index contributed by atoms with van der Waals surface area (Å²) >= 11 is 1.60. The number of rotatable bonds is 7. The number of aryl methyl sites for hydroxylation is 1. The molecule has 0 unspecified atom stereocenters. The molecule has 0 fully saturated rings. The molecule has 21 heavy (non-hydrogen) atoms. The summed E-state index contributed by atoms with van der Waals surface area (Å²) in [5, 5.41) is 10.8. The molecular weight excluding hydrogens is 286 g/mol. The second-order valence-corrected chi connectivity index (χ2v) is 5.87. The Kier molecular flexibility index (Phi) is 5.33. The van der Waals surface area contributed by atoms with Crippen molar-refractivity contribution in [3.05, 3.63) is 45.6 Å². The van der Waals surface area contributed by atoms with E-state index in [1.54, 1.807) is 22.0 Å². The summed E-state index contributed by atoms with van der Waals surface area (Å²) in [6.07, 6.45) is 2.21. The molecule has 0 saturated carbocycles. The van der Waals surface area contributed by atoms with Gasteiger partial charge in [0.25, 0.3) is 5.56 Å². The molecular formula is C16H19NO3S. The minimum absolute atomic E-state index is 0.0125. The van der Waals surface area contributed by atoms with Crippen LogP contribution in [0.4, 0.5) is 0 Å². The van der Waals surface area contributed by atoms with E-state index in [4.69, 9.17) is 5.11 Å². The lowest BCUT2D eigenvalue weighted by Gasteiger charge is -2.13. The summed E-state index contributed by atoms with van der Waals surface area (Å²) in [6, 6.07) is 7.66. The number of carboxylic acid groups (broad SMARTS) is 1. The number of carbonyl (C=O) groups is 1. The molecule has 2 aromatic heterocycles. The van der Waals surface area contributed by atoms with Gasteiger partial charge in [-0.2, -0.15) is 0 Å². The third-order valence-corrected chi connectivity index (χ3v) is 4.26. The van der Waals surface area contributed by atoms with E-state index in [0.717, 1.165) is 23.4 Å². The summed E-state index contributed by atoms with van der Waals surface area (Å²) in [4.78, 5) is 24.3. The molecule has 0 saturated heterocycles. The quantitative estimate of drug-likeness (QED) is 0.853. The van der Waals surface area contributed by atoms with Gasteiger partial charge in [0, 0.05) is 18.5 Å². The maximum atomic E-state index is 12.6. The van der Waals surface area contributed by atoms with Crippen LogP contribution < -0.4 is 5.56 Å². The summed E-state index contributed by atoms with van der Waals surface area (Å²) in [5.74, 6) is -0.878. The fourth-order valence-corrected chi connectivity index (χ4v) is 2.99. The number of pyridine rings is 1. The van der Waals surface area contributed by atoms with Crippen molar-refractivity contribution in [2.45, 2.75) is 39.2 Å². The molecule has 0 aliphatic carbocycles. The predicted octanol–water partition coefficient (Wildman–Crippen LogP) is 3.39. The number of unbranched alkanes of at least 4 members (excludes halogenated alkanes) is 1. The SMILES string of the molecule is CCCCn1c(-c2cccs2)ccc(CCC(=O)O)c1=O. The fraction of sp³-hybridized carbons (Fsp3) is 0.375. The molecule has 0 spiro atoms. The highest BCUT2D eigenvalue weighted by molar-refractivity contribution is 7.13. The molecule has 0 amide bonds. The van der Waals surface area contributed by atoms with Gasteiger partial charge in [-0.1, -0.05) is 25.5 Å². The van der Waals surface area contributed by atoms with Crippen molar-refractivity contribution in [2.75, 3.05) is 0 Å². The Morgan fingerprint density at radius 2 is 2.14 bits per heavy atom. The van der Waals surface area contributed by atoms with Crippen LogP contribution in [0.3, 0.4) is 0 Å². The Morgan fingerprint density at radius 3 is 2.76 bits per heavy atom. The van der Waals surface area contributed by atoms with E-state index in [1.165, 1.54) is 0 Å². The van der Waals surface area contributed by atoms with E-state index in [0.29, 0.717) is 12.1 Å². The lowest BCUT2D eigenvalue weighted by atomic mass is 10.1. The van der Waals surface area contributed by atoms with Crippen LogP contribution in [0.25, 0.3) is 10.6 Å². The minimum atomic E-state index is -0.878. The van der Waals surface area contributed by atoms with Crippen LogP contribution in [0.2, 0.25) is 0 Å². The number of carboxylic acids is 1. The van der Waals surface area contributed by atoms with Crippen LogP contribution in [0.1, 0.15) is 31.7 Å². The summed E-state index contributed by atoms with van der Waals surface area (Å²) in [5.41, 5.74) is 1.44. The van der Waals surface area contributed by atoms with Crippen molar-refractivity contribution in [3.63, 3.8) is 0 Å². The molecule has 0 bridgehead atoms. The van der Waals surface area contributed by atoms with E-state index < -0.39 is 5.97 Å². The second kappa shape index (κ2) is 7.22. The highest BCUT2D eigenvalue weighted by Gasteiger charge is 2.12. The second-order valence-electron chi connectivity index (χ2n) is 4.93. The average Bonchev–Trinajstić information content (AvgIpc) is 2.98. The van der Waals surface area contributed by atoms with Gasteiger partial charge in [0.05, 0.1) is 10.6 Å². The first-order valence-corrected chi connectivity index (χ1v) is 8.00. The number of nitrogens with zero attached hydrogens (tertiary/aromatic N) is 1. The van der Waals surface area contributed by atoms with Crippen LogP contribution in [0, 0.1) is 0 Å². The summed E-state index contributed by atoms with van der Waals surface area (Å²) in [6.45, 7) is 2.76. The number of hydrogen-bond donors (Lipinski definition) is 1. The van der Waals surface area contributed by atoms with Crippen molar-refractivity contribution in [2.24, 2.45) is 0 Å². The first kappa shape index (κ1) is 15.5. The first-order chi connectivity index (χ1) is 10.1. The number of aliphatic carboxylic acids is 1. The van der Waals surface area contributed by atoms with E-state index in [1.807, 2.05) is 23.6 Å². The molecule has 1 N–H and O–H groups in total. The Labute approximate surface area is 127 Å². The lowest BCUT2D eigenvalue weighted by Crippen LogP contribution is -2.25. The average molecular weight is 305 g/mol. The maximum Gasteiger partial charge on any atom is 0.303 e. The van der Waals surface area contributed by atoms with E-state index in [2.05, 4.69) is 6.92 Å². The summed E-state index contributed by atoms with van der Waals surface area (Å²) in [7, 11) is 0. The highest BCUT2D eigenvalue weighted by atomic mass is 32.1. The molecule has 0 aromatic carbocycles. The largest absolute Gasteiger partial charge is 0.481 e. The Balaban J connectivity index is 2.40. The molecule has 112 valence electrons. The molecule has 0 atom stereocenters. The van der Waals surface area contributed by atoms with Gasteiger partial charge in [-0.05, 0) is 30.4 Å². The van der Waals surface area contributed by atoms with Gasteiger partial charge >= 0.3 is 5.97 Å². The van der Waals surface area contributed by atoms with E-state index in [9.17, 15) is 9.59 Å². The topological polar surface area (TPSA) is 59.3 Å². The third kappa shape index (κ3) is 3.82. The normalized spacial score (nSPS) is 10.7. The van der Waals surface area contributed by atoms with Crippen molar-refractivity contribution in [3.8, 4) is 10.6 Å². The van der Waals surface area contributed by atoms with Crippen molar-refractivity contribution >= 4 is 17.3 Å². The number of hydrogen-bond acceptors (Lipinski definition) is 3. The first-order valence-electron chi connectivity index (χ1n) is 7.12. The van der Waals surface area contributed by atoms with Gasteiger partial charge < -0.3 is 9.67 Å². The molecule has 4 nitrogen and oxygen atoms in total. The van der Waals surface area contributed by atoms with Crippen LogP contribution >= 0.6 is 11.3 Å². The molecule has 2 heterocycles. The fourth-order valence-electron chi connectivity index (χ4n) is 2.23. The maximum absolute atomic E-state index is 12.6. The zero-order chi connectivity index (χ0) is 15.2. The van der Waals surface area contributed by atoms with E-state index >= 15 is 0 Å². The third-order valence-electron chi connectivity index (χ3n) is 3.37.